The maximum atomic E-state index is 11.8. The summed E-state index contributed by atoms with van der Waals surface area (Å²) in [4.78, 5) is 11.8. The van der Waals surface area contributed by atoms with Crippen molar-refractivity contribution in [2.24, 2.45) is 0 Å². The van der Waals surface area contributed by atoms with Crippen molar-refractivity contribution in [3.8, 4) is 0 Å². The van der Waals surface area contributed by atoms with Crippen LogP contribution in [0.2, 0.25) is 5.02 Å². The molecule has 2 heterocycles. The lowest BCUT2D eigenvalue weighted by Crippen LogP contribution is -2.24. The third-order valence-electron chi connectivity index (χ3n) is 3.10. The molecule has 0 spiro atoms. The lowest BCUT2D eigenvalue weighted by molar-refractivity contribution is -0.121. The van der Waals surface area contributed by atoms with Crippen LogP contribution in [-0.2, 0) is 17.9 Å². The van der Waals surface area contributed by atoms with Crippen molar-refractivity contribution in [1.82, 2.24) is 15.1 Å². The number of aryl methyl sites for hydroxylation is 3. The van der Waals surface area contributed by atoms with Gasteiger partial charge in [0.25, 0.3) is 0 Å². The number of halogens is 1. The molecule has 1 N–H and O–H groups in total. The lowest BCUT2D eigenvalue weighted by atomic mass is 10.3. The summed E-state index contributed by atoms with van der Waals surface area (Å²) in [7, 11) is 0. The topological polar surface area (TPSA) is 60.1 Å². The van der Waals surface area contributed by atoms with E-state index in [-0.39, 0.29) is 5.91 Å². The number of carbonyl (C=O) groups is 1. The summed E-state index contributed by atoms with van der Waals surface area (Å²) in [5, 5.41) is 7.77. The van der Waals surface area contributed by atoms with E-state index in [2.05, 4.69) is 10.4 Å². The van der Waals surface area contributed by atoms with E-state index < -0.39 is 0 Å². The second-order valence-electron chi connectivity index (χ2n) is 4.75. The number of hydrogen-bond donors (Lipinski definition) is 1. The summed E-state index contributed by atoms with van der Waals surface area (Å²) in [5.41, 5.74) is 1.68. The summed E-state index contributed by atoms with van der Waals surface area (Å²) < 4.78 is 7.14. The van der Waals surface area contributed by atoms with Gasteiger partial charge in [0.1, 0.15) is 11.5 Å². The highest BCUT2D eigenvalue weighted by Crippen LogP contribution is 2.18. The highest BCUT2D eigenvalue weighted by molar-refractivity contribution is 6.31. The van der Waals surface area contributed by atoms with Gasteiger partial charge in [0.05, 0.1) is 29.5 Å². The molecule has 108 valence electrons. The molecule has 0 radical (unpaired) electrons. The minimum absolute atomic E-state index is 0.0391. The predicted molar refractivity (Wildman–Crippen MR) is 76.6 cm³/mol. The molecule has 2 rings (SSSR count). The van der Waals surface area contributed by atoms with Gasteiger partial charge in [0, 0.05) is 6.42 Å². The van der Waals surface area contributed by atoms with Crippen LogP contribution in [-0.4, -0.2) is 15.7 Å². The maximum absolute atomic E-state index is 11.8. The van der Waals surface area contributed by atoms with Crippen molar-refractivity contribution in [2.45, 2.75) is 40.3 Å². The van der Waals surface area contributed by atoms with Crippen LogP contribution >= 0.6 is 11.6 Å². The molecule has 2 aromatic heterocycles. The Morgan fingerprint density at radius 3 is 2.70 bits per heavy atom. The Morgan fingerprint density at radius 1 is 1.40 bits per heavy atom. The van der Waals surface area contributed by atoms with E-state index >= 15 is 0 Å². The van der Waals surface area contributed by atoms with Crippen molar-refractivity contribution in [3.63, 3.8) is 0 Å². The van der Waals surface area contributed by atoms with E-state index in [1.807, 2.05) is 32.9 Å². The Hall–Kier alpha value is -1.75. The third kappa shape index (κ3) is 3.42. The quantitative estimate of drug-likeness (QED) is 0.922. The molecule has 0 aliphatic rings. The first-order valence-corrected chi connectivity index (χ1v) is 6.86. The van der Waals surface area contributed by atoms with Crippen LogP contribution in [0.5, 0.6) is 0 Å². The average molecular weight is 296 g/mol. The van der Waals surface area contributed by atoms with Gasteiger partial charge in [-0.25, -0.2) is 0 Å². The van der Waals surface area contributed by atoms with Gasteiger partial charge in [-0.15, -0.1) is 0 Å². The van der Waals surface area contributed by atoms with Crippen molar-refractivity contribution < 1.29 is 9.21 Å². The van der Waals surface area contributed by atoms with Crippen molar-refractivity contribution in [2.75, 3.05) is 0 Å². The van der Waals surface area contributed by atoms with Crippen LogP contribution in [0.1, 0.15) is 29.3 Å². The Bertz CT molecular complexity index is 616. The first-order chi connectivity index (χ1) is 9.47. The molecule has 0 aliphatic carbocycles. The zero-order valence-corrected chi connectivity index (χ0v) is 12.6. The minimum atomic E-state index is -0.0391. The third-order valence-corrected chi connectivity index (χ3v) is 3.65. The fourth-order valence-electron chi connectivity index (χ4n) is 1.95. The Morgan fingerprint density at radius 2 is 2.15 bits per heavy atom. The fraction of sp³-hybridized carbons (Fsp3) is 0.429. The number of carbonyl (C=O) groups excluding carboxylic acids is 1. The summed E-state index contributed by atoms with van der Waals surface area (Å²) >= 11 is 6.06. The Labute approximate surface area is 122 Å². The normalized spacial score (nSPS) is 10.8. The van der Waals surface area contributed by atoms with Crippen molar-refractivity contribution in [3.05, 3.63) is 40.1 Å². The van der Waals surface area contributed by atoms with Crippen LogP contribution in [0.25, 0.3) is 0 Å². The summed E-state index contributed by atoms with van der Waals surface area (Å²) in [5.74, 6) is 1.55. The van der Waals surface area contributed by atoms with E-state index in [4.69, 9.17) is 16.0 Å². The number of nitrogens with zero attached hydrogens (tertiary/aromatic N) is 2. The molecule has 1 amide bonds. The first kappa shape index (κ1) is 14.7. The smallest absolute Gasteiger partial charge is 0.222 e. The van der Waals surface area contributed by atoms with Gasteiger partial charge in [-0.05, 0) is 32.9 Å². The van der Waals surface area contributed by atoms with Crippen LogP contribution < -0.4 is 5.32 Å². The molecule has 0 unspecified atom stereocenters. The molecule has 0 atom stereocenters. The van der Waals surface area contributed by atoms with Gasteiger partial charge in [-0.1, -0.05) is 11.6 Å². The maximum Gasteiger partial charge on any atom is 0.222 e. The molecule has 0 bridgehead atoms. The van der Waals surface area contributed by atoms with E-state index in [1.165, 1.54) is 0 Å². The summed E-state index contributed by atoms with van der Waals surface area (Å²) in [6.45, 7) is 6.54. The zero-order valence-electron chi connectivity index (χ0n) is 11.9. The molecule has 0 fully saturated rings. The summed E-state index contributed by atoms with van der Waals surface area (Å²) in [6.07, 6.45) is 0.359. The number of furan rings is 1. The molecule has 6 heteroatoms. The molecule has 20 heavy (non-hydrogen) atoms. The average Bonchev–Trinajstić information content (AvgIpc) is 2.93. The van der Waals surface area contributed by atoms with Crippen LogP contribution in [0.4, 0.5) is 0 Å². The lowest BCUT2D eigenvalue weighted by Gasteiger charge is -2.05. The van der Waals surface area contributed by atoms with Crippen LogP contribution in [0.3, 0.4) is 0 Å². The second-order valence-corrected chi connectivity index (χ2v) is 5.12. The monoisotopic (exact) mass is 295 g/mol. The number of hydrogen-bond acceptors (Lipinski definition) is 3. The number of rotatable bonds is 5. The number of nitrogens with one attached hydrogen (secondary N) is 1. The Kier molecular flexibility index (Phi) is 4.49. The van der Waals surface area contributed by atoms with Gasteiger partial charge in [0.2, 0.25) is 5.91 Å². The van der Waals surface area contributed by atoms with E-state index in [1.54, 1.807) is 4.68 Å². The molecular weight excluding hydrogens is 278 g/mol. The molecule has 0 saturated heterocycles. The van der Waals surface area contributed by atoms with Crippen molar-refractivity contribution >= 4 is 17.5 Å². The van der Waals surface area contributed by atoms with Crippen molar-refractivity contribution in [1.29, 1.82) is 0 Å². The van der Waals surface area contributed by atoms with Gasteiger partial charge >= 0.3 is 0 Å². The molecule has 0 saturated carbocycles. The molecule has 0 aliphatic heterocycles. The highest BCUT2D eigenvalue weighted by atomic mass is 35.5. The predicted octanol–water partition coefficient (Wildman–Crippen LogP) is 2.76. The largest absolute Gasteiger partial charge is 0.465 e. The molecular formula is C14H18ClN3O2. The molecule has 2 aromatic rings. The minimum Gasteiger partial charge on any atom is -0.465 e. The standard InChI is InChI=1S/C14H18ClN3O2/c1-9-4-5-12(20-9)8-16-13(19)6-7-18-11(3)14(15)10(2)17-18/h4-5H,6-8H2,1-3H3,(H,16,19). The molecule has 5 nitrogen and oxygen atoms in total. The van der Waals surface area contributed by atoms with Gasteiger partial charge < -0.3 is 9.73 Å². The molecule has 0 aromatic carbocycles. The highest BCUT2D eigenvalue weighted by Gasteiger charge is 2.10. The van der Waals surface area contributed by atoms with Gasteiger partial charge in [-0.3, -0.25) is 9.48 Å². The number of amides is 1. The van der Waals surface area contributed by atoms with E-state index in [0.29, 0.717) is 24.5 Å². The zero-order chi connectivity index (χ0) is 14.7. The second kappa shape index (κ2) is 6.13. The van der Waals surface area contributed by atoms with E-state index in [0.717, 1.165) is 22.9 Å². The van der Waals surface area contributed by atoms with Gasteiger partial charge in [-0.2, -0.15) is 5.10 Å². The van der Waals surface area contributed by atoms with Gasteiger partial charge in [0.15, 0.2) is 0 Å². The first-order valence-electron chi connectivity index (χ1n) is 6.49. The fourth-order valence-corrected chi connectivity index (χ4v) is 2.09. The number of aromatic nitrogens is 2. The summed E-state index contributed by atoms with van der Waals surface area (Å²) in [6, 6.07) is 3.73. The van der Waals surface area contributed by atoms with E-state index in [9.17, 15) is 4.79 Å². The van der Waals surface area contributed by atoms with Crippen LogP contribution in [0, 0.1) is 20.8 Å². The van der Waals surface area contributed by atoms with Crippen LogP contribution in [0.15, 0.2) is 16.5 Å². The Balaban J connectivity index is 1.81. The SMILES string of the molecule is Cc1ccc(CNC(=O)CCn2nc(C)c(Cl)c2C)o1.